The average Bonchev–Trinajstić information content (AvgIpc) is 2.53. The average molecular weight is 337 g/mol. The van der Waals surface area contributed by atoms with Gasteiger partial charge in [0.15, 0.2) is 5.65 Å². The number of fused-ring (bicyclic) bond motifs is 1. The minimum Gasteiger partial charge on any atom is -0.219 e. The topological polar surface area (TPSA) is 64.3 Å². The van der Waals surface area contributed by atoms with Crippen molar-refractivity contribution >= 4 is 47.4 Å². The van der Waals surface area contributed by atoms with E-state index in [2.05, 4.69) is 26.0 Å². The molecule has 5 nitrogen and oxygen atoms in total. The quantitative estimate of drug-likeness (QED) is 0.790. The molecule has 90 valence electrons. The molecule has 0 unspecified atom stereocenters. The zero-order chi connectivity index (χ0) is 12.6. The second-order valence-corrected chi connectivity index (χ2v) is 6.41. The van der Waals surface area contributed by atoms with Gasteiger partial charge in [-0.05, 0) is 41.1 Å². The maximum absolute atomic E-state index is 11.4. The van der Waals surface area contributed by atoms with Crippen LogP contribution in [-0.2, 0) is 9.05 Å². The molecule has 2 rings (SSSR count). The van der Waals surface area contributed by atoms with Gasteiger partial charge in [0, 0.05) is 10.7 Å². The molecule has 0 saturated heterocycles. The van der Waals surface area contributed by atoms with Crippen LogP contribution in [0.25, 0.3) is 11.7 Å². The van der Waals surface area contributed by atoms with E-state index in [-0.39, 0.29) is 9.63 Å². The fourth-order valence-electron chi connectivity index (χ4n) is 1.36. The fraction of sp³-hybridized carbons (Fsp3) is 0.111. The Labute approximate surface area is 111 Å². The number of halogens is 2. The summed E-state index contributed by atoms with van der Waals surface area (Å²) in [6.45, 7) is 1.84. The van der Waals surface area contributed by atoms with Crippen LogP contribution in [0.3, 0.4) is 0 Å². The molecule has 0 saturated carbocycles. The van der Waals surface area contributed by atoms with Crippen LogP contribution >= 0.6 is 26.6 Å². The van der Waals surface area contributed by atoms with Crippen LogP contribution in [0.15, 0.2) is 27.8 Å². The third-order valence-electron chi connectivity index (χ3n) is 1.99. The lowest BCUT2D eigenvalue weighted by Gasteiger charge is -1.98. The number of nitrogens with zero attached hydrogens (tertiary/aromatic N) is 3. The molecule has 0 aromatic carbocycles. The molecule has 0 amide bonds. The molecule has 0 spiro atoms. The zero-order valence-corrected chi connectivity index (χ0v) is 11.8. The highest BCUT2D eigenvalue weighted by Gasteiger charge is 2.22. The highest BCUT2D eigenvalue weighted by Crippen LogP contribution is 2.25. The van der Waals surface area contributed by atoms with Gasteiger partial charge in [0.1, 0.15) is 4.60 Å². The molecule has 0 fully saturated rings. The van der Waals surface area contributed by atoms with E-state index in [1.54, 1.807) is 24.3 Å². The number of aromatic nitrogens is 3. The summed E-state index contributed by atoms with van der Waals surface area (Å²) in [6, 6.07) is 3.40. The number of hydrogen-bond donors (Lipinski definition) is 0. The first-order valence-corrected chi connectivity index (χ1v) is 7.66. The number of allylic oxidation sites excluding steroid dienone is 1. The van der Waals surface area contributed by atoms with Crippen LogP contribution in [0.5, 0.6) is 0 Å². The van der Waals surface area contributed by atoms with Gasteiger partial charge in [0.25, 0.3) is 9.05 Å². The molecular weight excluding hydrogens is 330 g/mol. The molecule has 8 heteroatoms. The van der Waals surface area contributed by atoms with Gasteiger partial charge in [-0.3, -0.25) is 0 Å². The van der Waals surface area contributed by atoms with Crippen LogP contribution in [0.4, 0.5) is 0 Å². The van der Waals surface area contributed by atoms with Gasteiger partial charge in [-0.15, -0.1) is 0 Å². The second kappa shape index (κ2) is 4.40. The molecule has 2 heterocycles. The van der Waals surface area contributed by atoms with Crippen LogP contribution in [0.1, 0.15) is 12.6 Å². The molecule has 0 aliphatic carbocycles. The summed E-state index contributed by atoms with van der Waals surface area (Å²) in [5, 5.41) is 3.96. The van der Waals surface area contributed by atoms with Crippen molar-refractivity contribution in [3.05, 3.63) is 28.5 Å². The lowest BCUT2D eigenvalue weighted by atomic mass is 10.3. The van der Waals surface area contributed by atoms with E-state index >= 15 is 0 Å². The number of rotatable bonds is 2. The predicted molar refractivity (Wildman–Crippen MR) is 68.4 cm³/mol. The van der Waals surface area contributed by atoms with E-state index in [9.17, 15) is 8.42 Å². The van der Waals surface area contributed by atoms with Crippen molar-refractivity contribution in [2.24, 2.45) is 0 Å². The van der Waals surface area contributed by atoms with E-state index in [1.165, 1.54) is 4.52 Å². The molecule has 2 aromatic rings. The van der Waals surface area contributed by atoms with Crippen LogP contribution in [-0.4, -0.2) is 23.0 Å². The molecule has 17 heavy (non-hydrogen) atoms. The minimum absolute atomic E-state index is 0.151. The van der Waals surface area contributed by atoms with Gasteiger partial charge in [-0.2, -0.15) is 9.61 Å². The van der Waals surface area contributed by atoms with Crippen LogP contribution < -0.4 is 0 Å². The van der Waals surface area contributed by atoms with E-state index in [0.29, 0.717) is 11.3 Å². The van der Waals surface area contributed by atoms with E-state index in [1.807, 2.05) is 6.92 Å². The zero-order valence-electron chi connectivity index (χ0n) is 8.63. The summed E-state index contributed by atoms with van der Waals surface area (Å²) in [5.41, 5.74) is 1.02. The van der Waals surface area contributed by atoms with Crippen molar-refractivity contribution < 1.29 is 8.42 Å². The van der Waals surface area contributed by atoms with Crippen LogP contribution in [0, 0.1) is 0 Å². The van der Waals surface area contributed by atoms with Gasteiger partial charge in [-0.1, -0.05) is 6.08 Å². The van der Waals surface area contributed by atoms with Crippen molar-refractivity contribution in [3.8, 4) is 0 Å². The smallest absolute Gasteiger partial charge is 0.219 e. The van der Waals surface area contributed by atoms with Crippen molar-refractivity contribution in [1.82, 2.24) is 14.6 Å². The standard InChI is InChI=1S/C9H7BrClN3O2S/c1-2-3-6-4-5-7-12-8(10)9(14(7)13-6)17(11,15)16/h2-5H,1H3/b3-2-. The lowest BCUT2D eigenvalue weighted by molar-refractivity contribution is 0.601. The third-order valence-corrected chi connectivity index (χ3v) is 4.07. The maximum atomic E-state index is 11.4. The highest BCUT2D eigenvalue weighted by molar-refractivity contribution is 9.10. The Balaban J connectivity index is 2.83. The Morgan fingerprint density at radius 3 is 2.76 bits per heavy atom. The first kappa shape index (κ1) is 12.5. The molecule has 0 radical (unpaired) electrons. The Morgan fingerprint density at radius 2 is 2.18 bits per heavy atom. The molecule has 0 atom stereocenters. The maximum Gasteiger partial charge on any atom is 0.281 e. The Hall–Kier alpha value is -0.920. The molecule has 2 aromatic heterocycles. The summed E-state index contributed by atoms with van der Waals surface area (Å²) >= 11 is 3.06. The van der Waals surface area contributed by atoms with Crippen molar-refractivity contribution in [1.29, 1.82) is 0 Å². The Bertz CT molecular complexity index is 708. The van der Waals surface area contributed by atoms with Crippen LogP contribution in [0.2, 0.25) is 0 Å². The van der Waals surface area contributed by atoms with Crippen molar-refractivity contribution in [2.75, 3.05) is 0 Å². The molecule has 0 aliphatic rings. The Kier molecular flexibility index (Phi) is 3.24. The normalized spacial score (nSPS) is 12.6. The van der Waals surface area contributed by atoms with E-state index < -0.39 is 9.05 Å². The summed E-state index contributed by atoms with van der Waals surface area (Å²) in [4.78, 5) is 4.01. The Morgan fingerprint density at radius 1 is 1.47 bits per heavy atom. The summed E-state index contributed by atoms with van der Waals surface area (Å²) in [6.07, 6.45) is 3.55. The van der Waals surface area contributed by atoms with Crippen molar-refractivity contribution in [3.63, 3.8) is 0 Å². The van der Waals surface area contributed by atoms with Gasteiger partial charge in [0.2, 0.25) is 5.03 Å². The summed E-state index contributed by atoms with van der Waals surface area (Å²) in [5.74, 6) is 0. The second-order valence-electron chi connectivity index (χ2n) is 3.17. The largest absolute Gasteiger partial charge is 0.281 e. The first-order chi connectivity index (χ1) is 7.93. The van der Waals surface area contributed by atoms with E-state index in [4.69, 9.17) is 10.7 Å². The molecule has 0 aliphatic heterocycles. The first-order valence-electron chi connectivity index (χ1n) is 4.56. The van der Waals surface area contributed by atoms with Gasteiger partial charge in [-0.25, -0.2) is 13.4 Å². The lowest BCUT2D eigenvalue weighted by Crippen LogP contribution is -2.02. The monoisotopic (exact) mass is 335 g/mol. The summed E-state index contributed by atoms with van der Waals surface area (Å²) < 4.78 is 24.2. The molecule has 0 N–H and O–H groups in total. The fourth-order valence-corrected chi connectivity index (χ4v) is 3.64. The number of hydrogen-bond acceptors (Lipinski definition) is 4. The molecular formula is C9H7BrClN3O2S. The van der Waals surface area contributed by atoms with Gasteiger partial charge < -0.3 is 0 Å². The number of imidazole rings is 1. The van der Waals surface area contributed by atoms with Gasteiger partial charge in [0.05, 0.1) is 5.69 Å². The molecule has 0 bridgehead atoms. The SMILES string of the molecule is C/C=C\c1ccc2nc(Br)c(S(=O)(=O)Cl)n2n1. The summed E-state index contributed by atoms with van der Waals surface area (Å²) in [7, 11) is 1.43. The third kappa shape index (κ3) is 2.36. The van der Waals surface area contributed by atoms with Gasteiger partial charge >= 0.3 is 0 Å². The van der Waals surface area contributed by atoms with E-state index in [0.717, 1.165) is 0 Å². The predicted octanol–water partition coefficient (Wildman–Crippen LogP) is 2.45. The van der Waals surface area contributed by atoms with Crippen molar-refractivity contribution in [2.45, 2.75) is 11.9 Å². The minimum atomic E-state index is -3.91. The highest BCUT2D eigenvalue weighted by atomic mass is 79.9.